The van der Waals surface area contributed by atoms with Gasteiger partial charge in [-0.3, -0.25) is 14.3 Å². The van der Waals surface area contributed by atoms with Gasteiger partial charge in [-0.25, -0.2) is 9.97 Å². The van der Waals surface area contributed by atoms with Gasteiger partial charge < -0.3 is 10.2 Å². The molecule has 3 rings (SSSR count). The zero-order valence-electron chi connectivity index (χ0n) is 12.9. The number of hydrogen-bond acceptors (Lipinski definition) is 5. The number of nitrogens with zero attached hydrogens (tertiary/aromatic N) is 5. The standard InChI is InChI=1S/C15H20N6O/c1-3-15(22)20-6-4-12(10-20)18-13-8-16-9-14(19-13)21-7-5-17-11(21)2/h5,7-9,12H,3-4,6,10H2,1-2H3,(H,18,19). The van der Waals surface area contributed by atoms with Gasteiger partial charge in [-0.2, -0.15) is 0 Å². The highest BCUT2D eigenvalue weighted by molar-refractivity contribution is 5.76. The predicted molar refractivity (Wildman–Crippen MR) is 82.8 cm³/mol. The van der Waals surface area contributed by atoms with E-state index >= 15 is 0 Å². The van der Waals surface area contributed by atoms with Crippen molar-refractivity contribution >= 4 is 11.7 Å². The van der Waals surface area contributed by atoms with Crippen molar-refractivity contribution in [2.24, 2.45) is 0 Å². The van der Waals surface area contributed by atoms with E-state index in [1.807, 2.05) is 29.5 Å². The number of carbonyl (C=O) groups excluding carboxylic acids is 1. The summed E-state index contributed by atoms with van der Waals surface area (Å²) in [5.74, 6) is 2.53. The fourth-order valence-corrected chi connectivity index (χ4v) is 2.70. The Kier molecular flexibility index (Phi) is 4.04. The first-order valence-corrected chi connectivity index (χ1v) is 7.54. The van der Waals surface area contributed by atoms with E-state index in [-0.39, 0.29) is 11.9 Å². The highest BCUT2D eigenvalue weighted by Crippen LogP contribution is 2.16. The molecule has 1 aliphatic heterocycles. The Bertz CT molecular complexity index is 668. The minimum Gasteiger partial charge on any atom is -0.364 e. The van der Waals surface area contributed by atoms with Crippen molar-refractivity contribution < 1.29 is 4.79 Å². The third kappa shape index (κ3) is 2.93. The number of aryl methyl sites for hydroxylation is 1. The summed E-state index contributed by atoms with van der Waals surface area (Å²) in [6.07, 6.45) is 8.51. The second kappa shape index (κ2) is 6.13. The number of carbonyl (C=O) groups is 1. The Morgan fingerprint density at radius 1 is 1.45 bits per heavy atom. The first-order chi connectivity index (χ1) is 10.7. The molecular formula is C15H20N6O. The monoisotopic (exact) mass is 300 g/mol. The lowest BCUT2D eigenvalue weighted by Crippen LogP contribution is -2.31. The number of rotatable bonds is 4. The second-order valence-corrected chi connectivity index (χ2v) is 5.43. The molecule has 1 saturated heterocycles. The van der Waals surface area contributed by atoms with E-state index in [0.717, 1.165) is 37.0 Å². The molecule has 0 spiro atoms. The third-order valence-corrected chi connectivity index (χ3v) is 3.89. The number of anilines is 1. The van der Waals surface area contributed by atoms with Crippen LogP contribution in [-0.4, -0.2) is 49.5 Å². The molecular weight excluding hydrogens is 280 g/mol. The van der Waals surface area contributed by atoms with Crippen LogP contribution in [-0.2, 0) is 4.79 Å². The van der Waals surface area contributed by atoms with E-state index in [1.165, 1.54) is 0 Å². The van der Waals surface area contributed by atoms with Crippen LogP contribution in [0.25, 0.3) is 5.82 Å². The molecule has 116 valence electrons. The fraction of sp³-hybridized carbons (Fsp3) is 0.467. The summed E-state index contributed by atoms with van der Waals surface area (Å²) < 4.78 is 1.89. The van der Waals surface area contributed by atoms with Gasteiger partial charge in [-0.1, -0.05) is 6.92 Å². The Morgan fingerprint density at radius 3 is 3.05 bits per heavy atom. The summed E-state index contributed by atoms with van der Waals surface area (Å²) in [5.41, 5.74) is 0. The van der Waals surface area contributed by atoms with Gasteiger partial charge in [-0.05, 0) is 13.3 Å². The Morgan fingerprint density at radius 2 is 2.32 bits per heavy atom. The number of aromatic nitrogens is 4. The van der Waals surface area contributed by atoms with Crippen LogP contribution < -0.4 is 5.32 Å². The summed E-state index contributed by atoms with van der Waals surface area (Å²) >= 11 is 0. The summed E-state index contributed by atoms with van der Waals surface area (Å²) in [7, 11) is 0. The number of imidazole rings is 1. The molecule has 0 aromatic carbocycles. The van der Waals surface area contributed by atoms with E-state index in [0.29, 0.717) is 6.42 Å². The van der Waals surface area contributed by atoms with E-state index in [1.54, 1.807) is 18.6 Å². The van der Waals surface area contributed by atoms with Gasteiger partial charge in [0.15, 0.2) is 5.82 Å². The molecule has 2 aromatic heterocycles. The number of hydrogen-bond donors (Lipinski definition) is 1. The van der Waals surface area contributed by atoms with Crippen LogP contribution in [0.2, 0.25) is 0 Å². The largest absolute Gasteiger partial charge is 0.364 e. The summed E-state index contributed by atoms with van der Waals surface area (Å²) in [5, 5.41) is 3.37. The molecule has 0 saturated carbocycles. The topological polar surface area (TPSA) is 75.9 Å². The Hall–Kier alpha value is -2.44. The van der Waals surface area contributed by atoms with E-state index < -0.39 is 0 Å². The highest BCUT2D eigenvalue weighted by Gasteiger charge is 2.25. The molecule has 1 aliphatic rings. The van der Waals surface area contributed by atoms with Gasteiger partial charge in [0, 0.05) is 37.9 Å². The van der Waals surface area contributed by atoms with Crippen LogP contribution in [0.15, 0.2) is 24.8 Å². The Balaban J connectivity index is 1.69. The zero-order chi connectivity index (χ0) is 15.5. The van der Waals surface area contributed by atoms with E-state index in [2.05, 4.69) is 20.3 Å². The number of likely N-dealkylation sites (tertiary alicyclic amines) is 1. The third-order valence-electron chi connectivity index (χ3n) is 3.89. The van der Waals surface area contributed by atoms with Crippen LogP contribution >= 0.6 is 0 Å². The SMILES string of the molecule is CCC(=O)N1CCC(Nc2cncc(-n3ccnc3C)n2)C1. The lowest BCUT2D eigenvalue weighted by Gasteiger charge is -2.16. The molecule has 1 fully saturated rings. The van der Waals surface area contributed by atoms with Crippen molar-refractivity contribution in [3.05, 3.63) is 30.6 Å². The van der Waals surface area contributed by atoms with Gasteiger partial charge in [0.2, 0.25) is 5.91 Å². The molecule has 1 N–H and O–H groups in total. The first kappa shape index (κ1) is 14.5. The Labute approximate surface area is 129 Å². The van der Waals surface area contributed by atoms with E-state index in [4.69, 9.17) is 0 Å². The van der Waals surface area contributed by atoms with Crippen molar-refractivity contribution in [3.63, 3.8) is 0 Å². The molecule has 2 aromatic rings. The maximum absolute atomic E-state index is 11.7. The molecule has 7 nitrogen and oxygen atoms in total. The first-order valence-electron chi connectivity index (χ1n) is 7.54. The average molecular weight is 300 g/mol. The van der Waals surface area contributed by atoms with Gasteiger partial charge in [-0.15, -0.1) is 0 Å². The van der Waals surface area contributed by atoms with Crippen molar-refractivity contribution in [2.45, 2.75) is 32.7 Å². The van der Waals surface area contributed by atoms with Crippen LogP contribution in [0.3, 0.4) is 0 Å². The molecule has 0 aliphatic carbocycles. The zero-order valence-corrected chi connectivity index (χ0v) is 12.9. The van der Waals surface area contributed by atoms with Crippen LogP contribution in [0.5, 0.6) is 0 Å². The summed E-state index contributed by atoms with van der Waals surface area (Å²) in [6.45, 7) is 5.35. The minimum absolute atomic E-state index is 0.207. The van der Waals surface area contributed by atoms with Gasteiger partial charge >= 0.3 is 0 Å². The maximum atomic E-state index is 11.7. The molecule has 1 amide bonds. The summed E-state index contributed by atoms with van der Waals surface area (Å²) in [6, 6.07) is 0.226. The van der Waals surface area contributed by atoms with Crippen LogP contribution in [0, 0.1) is 6.92 Å². The van der Waals surface area contributed by atoms with Crippen molar-refractivity contribution in [3.8, 4) is 5.82 Å². The van der Waals surface area contributed by atoms with Crippen LogP contribution in [0.4, 0.5) is 5.82 Å². The van der Waals surface area contributed by atoms with Crippen molar-refractivity contribution in [2.75, 3.05) is 18.4 Å². The van der Waals surface area contributed by atoms with Crippen molar-refractivity contribution in [1.29, 1.82) is 0 Å². The molecule has 1 atom stereocenters. The molecule has 1 unspecified atom stereocenters. The number of nitrogens with one attached hydrogen (secondary N) is 1. The second-order valence-electron chi connectivity index (χ2n) is 5.43. The normalized spacial score (nSPS) is 17.7. The predicted octanol–water partition coefficient (Wildman–Crippen LogP) is 1.39. The average Bonchev–Trinajstić information content (AvgIpc) is 3.16. The maximum Gasteiger partial charge on any atom is 0.222 e. The molecule has 22 heavy (non-hydrogen) atoms. The summed E-state index contributed by atoms with van der Waals surface area (Å²) in [4.78, 5) is 26.6. The number of amides is 1. The lowest BCUT2D eigenvalue weighted by atomic mass is 10.2. The molecule has 3 heterocycles. The quantitative estimate of drug-likeness (QED) is 0.923. The molecule has 0 bridgehead atoms. The van der Waals surface area contributed by atoms with E-state index in [9.17, 15) is 4.79 Å². The molecule has 7 heteroatoms. The van der Waals surface area contributed by atoms with Crippen molar-refractivity contribution in [1.82, 2.24) is 24.4 Å². The smallest absolute Gasteiger partial charge is 0.222 e. The highest BCUT2D eigenvalue weighted by atomic mass is 16.2. The minimum atomic E-state index is 0.207. The molecule has 0 radical (unpaired) electrons. The van der Waals surface area contributed by atoms with Crippen LogP contribution in [0.1, 0.15) is 25.6 Å². The van der Waals surface area contributed by atoms with Gasteiger partial charge in [0.25, 0.3) is 0 Å². The lowest BCUT2D eigenvalue weighted by molar-refractivity contribution is -0.129. The fourth-order valence-electron chi connectivity index (χ4n) is 2.70. The van der Waals surface area contributed by atoms with Gasteiger partial charge in [0.05, 0.1) is 12.4 Å². The van der Waals surface area contributed by atoms with Gasteiger partial charge in [0.1, 0.15) is 11.6 Å².